The molecule has 0 aromatic heterocycles. The van der Waals surface area contributed by atoms with Crippen molar-refractivity contribution in [3.63, 3.8) is 0 Å². The second kappa shape index (κ2) is 7.43. The Labute approximate surface area is 110 Å². The van der Waals surface area contributed by atoms with Crippen molar-refractivity contribution in [2.24, 2.45) is 5.41 Å². The van der Waals surface area contributed by atoms with Crippen molar-refractivity contribution in [1.82, 2.24) is 5.32 Å². The predicted molar refractivity (Wildman–Crippen MR) is 70.6 cm³/mol. The van der Waals surface area contributed by atoms with Crippen LogP contribution in [0.3, 0.4) is 0 Å². The number of ether oxygens (including phenoxy) is 2. The molecule has 1 aliphatic carbocycles. The minimum absolute atomic E-state index is 0.273. The Bertz CT molecular complexity index is 223. The number of aliphatic hydroxyl groups excluding tert-OH is 1. The average molecular weight is 257 g/mol. The first-order valence-corrected chi connectivity index (χ1v) is 7.36. The summed E-state index contributed by atoms with van der Waals surface area (Å²) in [5.74, 6) is 0. The van der Waals surface area contributed by atoms with Crippen molar-refractivity contribution in [3.8, 4) is 0 Å². The summed E-state index contributed by atoms with van der Waals surface area (Å²) in [5, 5.41) is 11.9. The van der Waals surface area contributed by atoms with E-state index in [9.17, 15) is 0 Å². The van der Waals surface area contributed by atoms with E-state index in [1.807, 2.05) is 0 Å². The highest BCUT2D eigenvalue weighted by molar-refractivity contribution is 5.03. The van der Waals surface area contributed by atoms with Crippen molar-refractivity contribution in [2.75, 3.05) is 39.5 Å². The molecule has 4 nitrogen and oxygen atoms in total. The summed E-state index contributed by atoms with van der Waals surface area (Å²) in [6.07, 6.45) is 7.04. The molecule has 1 aliphatic heterocycles. The highest BCUT2D eigenvalue weighted by Gasteiger charge is 2.48. The third kappa shape index (κ3) is 4.19. The van der Waals surface area contributed by atoms with Crippen molar-refractivity contribution < 1.29 is 14.6 Å². The molecule has 0 amide bonds. The second-order valence-corrected chi connectivity index (χ2v) is 5.75. The van der Waals surface area contributed by atoms with Crippen LogP contribution in [0.5, 0.6) is 0 Å². The Morgan fingerprint density at radius 1 is 1.00 bits per heavy atom. The molecule has 0 aromatic rings. The van der Waals surface area contributed by atoms with Crippen LogP contribution in [-0.2, 0) is 9.47 Å². The smallest absolute Gasteiger partial charge is 0.0587 e. The molecule has 2 N–H and O–H groups in total. The zero-order valence-electron chi connectivity index (χ0n) is 11.3. The normalized spacial score (nSPS) is 21.8. The van der Waals surface area contributed by atoms with Gasteiger partial charge >= 0.3 is 0 Å². The van der Waals surface area contributed by atoms with E-state index in [1.54, 1.807) is 0 Å². The van der Waals surface area contributed by atoms with Crippen molar-refractivity contribution in [1.29, 1.82) is 0 Å². The standard InChI is InChI=1S/C14H27NO3/c16-5-1-2-6-17-7-3-4-8-18-13-9-14(10-13)11-15-12-14/h13,15-16H,1-12H2. The molecule has 18 heavy (non-hydrogen) atoms. The highest BCUT2D eigenvalue weighted by atomic mass is 16.5. The summed E-state index contributed by atoms with van der Waals surface area (Å²) in [4.78, 5) is 0. The Morgan fingerprint density at radius 3 is 2.28 bits per heavy atom. The molecule has 2 aliphatic rings. The fraction of sp³-hybridized carbons (Fsp3) is 1.00. The third-order valence-electron chi connectivity index (χ3n) is 4.05. The van der Waals surface area contributed by atoms with Gasteiger partial charge in [-0.25, -0.2) is 0 Å². The lowest BCUT2D eigenvalue weighted by atomic mass is 9.63. The monoisotopic (exact) mass is 257 g/mol. The van der Waals surface area contributed by atoms with Gasteiger partial charge in [0.1, 0.15) is 0 Å². The summed E-state index contributed by atoms with van der Waals surface area (Å²) in [6.45, 7) is 5.17. The minimum Gasteiger partial charge on any atom is -0.396 e. The van der Waals surface area contributed by atoms with Gasteiger partial charge in [-0.3, -0.25) is 0 Å². The van der Waals surface area contributed by atoms with Crippen LogP contribution in [0, 0.1) is 5.41 Å². The molecule has 0 radical (unpaired) electrons. The van der Waals surface area contributed by atoms with Crippen molar-refractivity contribution in [2.45, 2.75) is 44.6 Å². The maximum Gasteiger partial charge on any atom is 0.0587 e. The van der Waals surface area contributed by atoms with Crippen LogP contribution in [0.1, 0.15) is 38.5 Å². The Hall–Kier alpha value is -0.160. The van der Waals surface area contributed by atoms with Gasteiger partial charge in [0.2, 0.25) is 0 Å². The molecule has 0 atom stereocenters. The fourth-order valence-electron chi connectivity index (χ4n) is 2.77. The fourth-order valence-corrected chi connectivity index (χ4v) is 2.77. The van der Waals surface area contributed by atoms with Crippen LogP contribution in [-0.4, -0.2) is 50.7 Å². The molecule has 1 spiro atoms. The van der Waals surface area contributed by atoms with Gasteiger partial charge in [-0.1, -0.05) is 0 Å². The van der Waals surface area contributed by atoms with Crippen LogP contribution in [0.25, 0.3) is 0 Å². The lowest BCUT2D eigenvalue weighted by Gasteiger charge is -2.54. The largest absolute Gasteiger partial charge is 0.396 e. The van der Waals surface area contributed by atoms with Crippen LogP contribution < -0.4 is 5.32 Å². The zero-order valence-corrected chi connectivity index (χ0v) is 11.3. The molecular weight excluding hydrogens is 230 g/mol. The SMILES string of the molecule is OCCCCOCCCCOC1CC2(CNC2)C1. The number of unbranched alkanes of at least 4 members (excludes halogenated alkanes) is 2. The molecular formula is C14H27NO3. The van der Waals surface area contributed by atoms with Gasteiger partial charge in [0, 0.05) is 44.9 Å². The van der Waals surface area contributed by atoms with Crippen LogP contribution in [0.4, 0.5) is 0 Å². The molecule has 2 rings (SSSR count). The highest BCUT2D eigenvalue weighted by Crippen LogP contribution is 2.45. The maximum absolute atomic E-state index is 8.60. The topological polar surface area (TPSA) is 50.7 Å². The van der Waals surface area contributed by atoms with E-state index >= 15 is 0 Å². The summed E-state index contributed by atoms with van der Waals surface area (Å²) < 4.78 is 11.3. The van der Waals surface area contributed by atoms with E-state index in [0.717, 1.165) is 45.5 Å². The van der Waals surface area contributed by atoms with Gasteiger partial charge in [0.25, 0.3) is 0 Å². The summed E-state index contributed by atoms with van der Waals surface area (Å²) in [7, 11) is 0. The van der Waals surface area contributed by atoms with E-state index in [-0.39, 0.29) is 6.61 Å². The summed E-state index contributed by atoms with van der Waals surface area (Å²) in [6, 6.07) is 0. The first-order valence-electron chi connectivity index (χ1n) is 7.36. The predicted octanol–water partition coefficient (Wildman–Crippen LogP) is 1.32. The minimum atomic E-state index is 0.273. The van der Waals surface area contributed by atoms with Crippen LogP contribution in [0.2, 0.25) is 0 Å². The van der Waals surface area contributed by atoms with E-state index < -0.39 is 0 Å². The van der Waals surface area contributed by atoms with Gasteiger partial charge in [-0.15, -0.1) is 0 Å². The molecule has 4 heteroatoms. The zero-order chi connectivity index (χ0) is 12.7. The maximum atomic E-state index is 8.60. The Kier molecular flexibility index (Phi) is 5.89. The first kappa shape index (κ1) is 14.3. The number of aliphatic hydroxyl groups is 1. The van der Waals surface area contributed by atoms with Crippen molar-refractivity contribution >= 4 is 0 Å². The lowest BCUT2D eigenvalue weighted by Crippen LogP contribution is -2.62. The molecule has 1 saturated carbocycles. The lowest BCUT2D eigenvalue weighted by molar-refractivity contribution is -0.104. The summed E-state index contributed by atoms with van der Waals surface area (Å²) in [5.41, 5.74) is 0.625. The van der Waals surface area contributed by atoms with Crippen LogP contribution in [0.15, 0.2) is 0 Å². The number of hydrogen-bond acceptors (Lipinski definition) is 4. The Morgan fingerprint density at radius 2 is 1.67 bits per heavy atom. The van der Waals surface area contributed by atoms with Gasteiger partial charge in [0.15, 0.2) is 0 Å². The van der Waals surface area contributed by atoms with Gasteiger partial charge in [-0.05, 0) is 38.5 Å². The molecule has 0 aromatic carbocycles. The molecule has 106 valence electrons. The molecule has 0 bridgehead atoms. The van der Waals surface area contributed by atoms with Crippen LogP contribution >= 0.6 is 0 Å². The average Bonchev–Trinajstić information content (AvgIpc) is 2.27. The third-order valence-corrected chi connectivity index (χ3v) is 4.05. The van der Waals surface area contributed by atoms with E-state index in [0.29, 0.717) is 11.5 Å². The van der Waals surface area contributed by atoms with Crippen molar-refractivity contribution in [3.05, 3.63) is 0 Å². The Balaban J connectivity index is 1.30. The van der Waals surface area contributed by atoms with E-state index in [4.69, 9.17) is 14.6 Å². The van der Waals surface area contributed by atoms with E-state index in [2.05, 4.69) is 5.32 Å². The number of rotatable bonds is 10. The molecule has 1 saturated heterocycles. The van der Waals surface area contributed by atoms with Gasteiger partial charge in [-0.2, -0.15) is 0 Å². The molecule has 2 fully saturated rings. The van der Waals surface area contributed by atoms with E-state index in [1.165, 1.54) is 25.9 Å². The quantitative estimate of drug-likeness (QED) is 0.580. The summed E-state index contributed by atoms with van der Waals surface area (Å²) >= 11 is 0. The van der Waals surface area contributed by atoms with Gasteiger partial charge in [0.05, 0.1) is 6.10 Å². The second-order valence-electron chi connectivity index (χ2n) is 5.75. The number of nitrogens with one attached hydrogen (secondary N) is 1. The molecule has 0 unspecified atom stereocenters. The van der Waals surface area contributed by atoms with Gasteiger partial charge < -0.3 is 19.9 Å². The number of hydrogen-bond donors (Lipinski definition) is 2. The first-order chi connectivity index (χ1) is 8.85. The molecule has 1 heterocycles.